The van der Waals surface area contributed by atoms with E-state index >= 15 is 0 Å². The number of carboxylic acids is 1. The van der Waals surface area contributed by atoms with E-state index in [2.05, 4.69) is 4.98 Å². The minimum Gasteiger partial charge on any atom is -0.477 e. The molecule has 0 unspecified atom stereocenters. The van der Waals surface area contributed by atoms with Gasteiger partial charge in [0.25, 0.3) is 0 Å². The highest BCUT2D eigenvalue weighted by molar-refractivity contribution is 7.12. The van der Waals surface area contributed by atoms with Crippen molar-refractivity contribution in [3.63, 3.8) is 0 Å². The van der Waals surface area contributed by atoms with Gasteiger partial charge < -0.3 is 9.84 Å². The number of hydrogen-bond acceptors (Lipinski definition) is 5. The smallest absolute Gasteiger partial charge is 0.346 e. The van der Waals surface area contributed by atoms with Crippen molar-refractivity contribution in [1.29, 1.82) is 5.26 Å². The minimum atomic E-state index is -1.00. The van der Waals surface area contributed by atoms with Crippen LogP contribution in [0.4, 0.5) is 0 Å². The van der Waals surface area contributed by atoms with E-state index in [9.17, 15) is 4.79 Å². The van der Waals surface area contributed by atoms with Crippen LogP contribution in [0.1, 0.15) is 15.4 Å². The fourth-order valence-corrected chi connectivity index (χ4v) is 1.81. The lowest BCUT2D eigenvalue weighted by atomic mass is 10.3. The molecule has 2 aromatic heterocycles. The highest BCUT2D eigenvalue weighted by Gasteiger charge is 2.10. The van der Waals surface area contributed by atoms with Gasteiger partial charge in [0, 0.05) is 17.6 Å². The summed E-state index contributed by atoms with van der Waals surface area (Å²) in [6.45, 7) is 0. The summed E-state index contributed by atoms with van der Waals surface area (Å²) in [6.07, 6.45) is 1.49. The molecule has 0 fully saturated rings. The molecule has 0 aliphatic heterocycles. The first-order valence-corrected chi connectivity index (χ1v) is 5.43. The summed E-state index contributed by atoms with van der Waals surface area (Å²) >= 11 is 1.06. The van der Waals surface area contributed by atoms with Gasteiger partial charge >= 0.3 is 5.97 Å². The highest BCUT2D eigenvalue weighted by Crippen LogP contribution is 2.28. The molecule has 2 aromatic rings. The van der Waals surface area contributed by atoms with Gasteiger partial charge in [-0.2, -0.15) is 5.26 Å². The molecule has 0 amide bonds. The van der Waals surface area contributed by atoms with Gasteiger partial charge in [0.15, 0.2) is 11.4 Å². The van der Waals surface area contributed by atoms with Gasteiger partial charge in [-0.05, 0) is 12.1 Å². The molecule has 0 radical (unpaired) electrons. The first kappa shape index (κ1) is 11.1. The molecule has 1 N–H and O–H groups in total. The standard InChI is InChI=1S/C11H6N2O3S/c12-5-8-9(2-1-3-13-8)16-7-4-10(11(14)15)17-6-7/h1-4,6H,(H,14,15). The molecule has 0 aliphatic carbocycles. The Hall–Kier alpha value is -2.39. The van der Waals surface area contributed by atoms with E-state index in [1.807, 2.05) is 6.07 Å². The molecule has 0 atom stereocenters. The number of thiophene rings is 1. The maximum atomic E-state index is 10.7. The Balaban J connectivity index is 2.26. The molecule has 2 heterocycles. The predicted octanol–water partition coefficient (Wildman–Crippen LogP) is 2.51. The average Bonchev–Trinajstić information content (AvgIpc) is 2.78. The van der Waals surface area contributed by atoms with Crippen LogP contribution in [0, 0.1) is 11.3 Å². The van der Waals surface area contributed by atoms with Crippen LogP contribution in [0.2, 0.25) is 0 Å². The fraction of sp³-hybridized carbons (Fsp3) is 0. The molecule has 84 valence electrons. The topological polar surface area (TPSA) is 83.2 Å². The number of rotatable bonds is 3. The lowest BCUT2D eigenvalue weighted by molar-refractivity contribution is 0.0702. The quantitative estimate of drug-likeness (QED) is 0.899. The molecule has 0 aromatic carbocycles. The van der Waals surface area contributed by atoms with E-state index in [1.165, 1.54) is 12.3 Å². The molecule has 0 aliphatic rings. The van der Waals surface area contributed by atoms with Gasteiger partial charge in [0.2, 0.25) is 0 Å². The predicted molar refractivity (Wildman–Crippen MR) is 60.3 cm³/mol. The Morgan fingerprint density at radius 3 is 3.06 bits per heavy atom. The second-order valence-corrected chi connectivity index (χ2v) is 3.93. The van der Waals surface area contributed by atoms with Crippen LogP contribution in [0.5, 0.6) is 11.5 Å². The van der Waals surface area contributed by atoms with Crippen LogP contribution in [-0.4, -0.2) is 16.1 Å². The number of nitriles is 1. The second-order valence-electron chi connectivity index (χ2n) is 3.02. The summed E-state index contributed by atoms with van der Waals surface area (Å²) in [5.74, 6) is -0.307. The Bertz CT molecular complexity index is 601. The monoisotopic (exact) mass is 246 g/mol. The van der Waals surface area contributed by atoms with Gasteiger partial charge in [-0.25, -0.2) is 9.78 Å². The molecule has 2 rings (SSSR count). The Morgan fingerprint density at radius 1 is 1.59 bits per heavy atom. The summed E-state index contributed by atoms with van der Waals surface area (Å²) in [4.78, 5) is 14.7. The van der Waals surface area contributed by atoms with E-state index in [-0.39, 0.29) is 10.6 Å². The first-order chi connectivity index (χ1) is 8.20. The number of aromatic carboxylic acids is 1. The van der Waals surface area contributed by atoms with Crippen LogP contribution in [0.3, 0.4) is 0 Å². The van der Waals surface area contributed by atoms with Crippen LogP contribution in [-0.2, 0) is 0 Å². The Morgan fingerprint density at radius 2 is 2.41 bits per heavy atom. The Labute approximate surface area is 101 Å². The van der Waals surface area contributed by atoms with Crippen LogP contribution >= 0.6 is 11.3 Å². The number of ether oxygens (including phenoxy) is 1. The van der Waals surface area contributed by atoms with Crippen molar-refractivity contribution < 1.29 is 14.6 Å². The zero-order valence-electron chi connectivity index (χ0n) is 8.45. The van der Waals surface area contributed by atoms with Crippen molar-refractivity contribution >= 4 is 17.3 Å². The summed E-state index contributed by atoms with van der Waals surface area (Å²) in [5, 5.41) is 19.1. The maximum Gasteiger partial charge on any atom is 0.346 e. The second kappa shape index (κ2) is 4.63. The Kier molecular flexibility index (Phi) is 3.03. The van der Waals surface area contributed by atoms with Crippen molar-refractivity contribution in [3.8, 4) is 17.6 Å². The van der Waals surface area contributed by atoms with Gasteiger partial charge in [0.1, 0.15) is 16.7 Å². The zero-order chi connectivity index (χ0) is 12.3. The third kappa shape index (κ3) is 2.41. The molecular formula is C11H6N2O3S. The van der Waals surface area contributed by atoms with Crippen molar-refractivity contribution in [2.75, 3.05) is 0 Å². The first-order valence-electron chi connectivity index (χ1n) is 4.55. The van der Waals surface area contributed by atoms with E-state index < -0.39 is 5.97 Å². The molecule has 0 bridgehead atoms. The lowest BCUT2D eigenvalue weighted by Crippen LogP contribution is -1.91. The van der Waals surface area contributed by atoms with E-state index in [4.69, 9.17) is 15.1 Å². The normalized spacial score (nSPS) is 9.59. The molecule has 0 saturated heterocycles. The fourth-order valence-electron chi connectivity index (χ4n) is 1.17. The molecule has 0 saturated carbocycles. The van der Waals surface area contributed by atoms with Gasteiger partial charge in [-0.3, -0.25) is 0 Å². The van der Waals surface area contributed by atoms with E-state index in [0.717, 1.165) is 11.3 Å². The number of carbonyl (C=O) groups is 1. The summed E-state index contributed by atoms with van der Waals surface area (Å²) < 4.78 is 5.39. The lowest BCUT2D eigenvalue weighted by Gasteiger charge is -2.03. The average molecular weight is 246 g/mol. The SMILES string of the molecule is N#Cc1ncccc1Oc1csc(C(=O)O)c1. The molecule has 0 spiro atoms. The minimum absolute atomic E-state index is 0.163. The van der Waals surface area contributed by atoms with E-state index in [1.54, 1.807) is 17.5 Å². The number of aromatic nitrogens is 1. The molecule has 6 heteroatoms. The summed E-state index contributed by atoms with van der Waals surface area (Å²) in [5.41, 5.74) is 0.163. The molecule has 17 heavy (non-hydrogen) atoms. The largest absolute Gasteiger partial charge is 0.477 e. The summed E-state index contributed by atoms with van der Waals surface area (Å²) in [7, 11) is 0. The molecular weight excluding hydrogens is 240 g/mol. The molecule has 5 nitrogen and oxygen atoms in total. The number of hydrogen-bond donors (Lipinski definition) is 1. The van der Waals surface area contributed by atoms with E-state index in [0.29, 0.717) is 11.5 Å². The third-order valence-electron chi connectivity index (χ3n) is 1.89. The van der Waals surface area contributed by atoms with Gasteiger partial charge in [0.05, 0.1) is 0 Å². The highest BCUT2D eigenvalue weighted by atomic mass is 32.1. The van der Waals surface area contributed by atoms with Crippen molar-refractivity contribution in [1.82, 2.24) is 4.98 Å². The van der Waals surface area contributed by atoms with Crippen molar-refractivity contribution in [2.45, 2.75) is 0 Å². The third-order valence-corrected chi connectivity index (χ3v) is 2.79. The summed E-state index contributed by atoms with van der Waals surface area (Å²) in [6, 6.07) is 6.54. The zero-order valence-corrected chi connectivity index (χ0v) is 9.27. The number of carboxylic acid groups (broad SMARTS) is 1. The van der Waals surface area contributed by atoms with Crippen LogP contribution in [0.15, 0.2) is 29.8 Å². The number of nitrogens with zero attached hydrogens (tertiary/aromatic N) is 2. The van der Waals surface area contributed by atoms with Gasteiger partial charge in [-0.1, -0.05) is 0 Å². The van der Waals surface area contributed by atoms with Crippen molar-refractivity contribution in [3.05, 3.63) is 40.3 Å². The van der Waals surface area contributed by atoms with Crippen LogP contribution < -0.4 is 4.74 Å². The van der Waals surface area contributed by atoms with Crippen LogP contribution in [0.25, 0.3) is 0 Å². The van der Waals surface area contributed by atoms with Gasteiger partial charge in [-0.15, -0.1) is 11.3 Å². The van der Waals surface area contributed by atoms with Crippen molar-refractivity contribution in [2.24, 2.45) is 0 Å². The maximum absolute atomic E-state index is 10.7. The number of pyridine rings is 1.